The van der Waals surface area contributed by atoms with E-state index in [9.17, 15) is 8.42 Å². The zero-order valence-corrected chi connectivity index (χ0v) is 9.73. The summed E-state index contributed by atoms with van der Waals surface area (Å²) in [4.78, 5) is 5.82. The minimum absolute atomic E-state index is 0.128. The third kappa shape index (κ3) is 3.51. The van der Waals surface area contributed by atoms with Crippen LogP contribution in [-0.2, 0) is 9.84 Å². The first-order chi connectivity index (χ1) is 6.38. The standard InChI is InChI=1S/C7H13N3O2S2/c1-10(3-4-14(2,11)12)7-9-5-6(8)13-7/h5H,3-4,8H2,1-2H3. The number of nitrogens with two attached hydrogens (primary N) is 1. The molecule has 80 valence electrons. The first kappa shape index (κ1) is 11.3. The van der Waals surface area contributed by atoms with E-state index in [-0.39, 0.29) is 5.75 Å². The van der Waals surface area contributed by atoms with E-state index < -0.39 is 9.84 Å². The van der Waals surface area contributed by atoms with Crippen molar-refractivity contribution < 1.29 is 8.42 Å². The smallest absolute Gasteiger partial charge is 0.187 e. The number of anilines is 2. The zero-order chi connectivity index (χ0) is 10.8. The van der Waals surface area contributed by atoms with E-state index in [1.54, 1.807) is 18.1 Å². The van der Waals surface area contributed by atoms with Gasteiger partial charge in [0, 0.05) is 19.8 Å². The molecule has 0 saturated heterocycles. The van der Waals surface area contributed by atoms with E-state index >= 15 is 0 Å². The fourth-order valence-electron chi connectivity index (χ4n) is 0.852. The molecule has 1 aromatic heterocycles. The third-order valence-electron chi connectivity index (χ3n) is 1.64. The average molecular weight is 235 g/mol. The minimum atomic E-state index is -2.92. The molecular formula is C7H13N3O2S2. The predicted molar refractivity (Wildman–Crippen MR) is 59.5 cm³/mol. The molecule has 1 rings (SSSR count). The normalized spacial score (nSPS) is 11.6. The Hall–Kier alpha value is -0.820. The number of aromatic nitrogens is 1. The number of nitrogen functional groups attached to an aromatic ring is 1. The second-order valence-electron chi connectivity index (χ2n) is 3.10. The highest BCUT2D eigenvalue weighted by molar-refractivity contribution is 7.90. The summed E-state index contributed by atoms with van der Waals surface area (Å²) in [6, 6.07) is 0. The van der Waals surface area contributed by atoms with E-state index in [4.69, 9.17) is 5.73 Å². The maximum Gasteiger partial charge on any atom is 0.187 e. The fraction of sp³-hybridized carbons (Fsp3) is 0.571. The van der Waals surface area contributed by atoms with Crippen molar-refractivity contribution in [2.45, 2.75) is 0 Å². The summed E-state index contributed by atoms with van der Waals surface area (Å²) in [7, 11) is -1.12. The van der Waals surface area contributed by atoms with Crippen molar-refractivity contribution in [3.63, 3.8) is 0 Å². The molecule has 0 unspecified atom stereocenters. The second kappa shape index (κ2) is 4.14. The lowest BCUT2D eigenvalue weighted by atomic mass is 10.7. The van der Waals surface area contributed by atoms with Gasteiger partial charge in [0.05, 0.1) is 11.9 Å². The van der Waals surface area contributed by atoms with Crippen molar-refractivity contribution in [3.8, 4) is 0 Å². The molecule has 0 saturated carbocycles. The van der Waals surface area contributed by atoms with E-state index in [1.165, 1.54) is 17.6 Å². The van der Waals surface area contributed by atoms with E-state index in [1.807, 2.05) is 0 Å². The summed E-state index contributed by atoms with van der Waals surface area (Å²) in [5.41, 5.74) is 5.51. The Labute approximate surface area is 87.5 Å². The fourth-order valence-corrected chi connectivity index (χ4v) is 2.13. The van der Waals surface area contributed by atoms with Crippen LogP contribution < -0.4 is 10.6 Å². The molecule has 1 heterocycles. The average Bonchev–Trinajstić information content (AvgIpc) is 2.46. The van der Waals surface area contributed by atoms with Crippen LogP contribution in [0.3, 0.4) is 0 Å². The van der Waals surface area contributed by atoms with Crippen LogP contribution in [0.4, 0.5) is 10.1 Å². The van der Waals surface area contributed by atoms with Gasteiger partial charge in [-0.2, -0.15) is 0 Å². The summed E-state index contributed by atoms with van der Waals surface area (Å²) in [6.45, 7) is 0.436. The number of hydrogen-bond donors (Lipinski definition) is 1. The van der Waals surface area contributed by atoms with Crippen LogP contribution in [0.25, 0.3) is 0 Å². The highest BCUT2D eigenvalue weighted by Crippen LogP contribution is 2.22. The maximum absolute atomic E-state index is 10.9. The highest BCUT2D eigenvalue weighted by atomic mass is 32.2. The Kier molecular flexibility index (Phi) is 3.33. The van der Waals surface area contributed by atoms with Gasteiger partial charge in [0.2, 0.25) is 0 Å². The molecule has 0 fully saturated rings. The predicted octanol–water partition coefficient (Wildman–Crippen LogP) is 0.206. The molecule has 0 aromatic carbocycles. The molecule has 0 aliphatic carbocycles. The zero-order valence-electron chi connectivity index (χ0n) is 8.10. The van der Waals surface area contributed by atoms with E-state index in [0.29, 0.717) is 11.5 Å². The molecule has 14 heavy (non-hydrogen) atoms. The first-order valence-corrected chi connectivity index (χ1v) is 6.86. The molecule has 0 spiro atoms. The number of rotatable bonds is 4. The van der Waals surface area contributed by atoms with E-state index in [2.05, 4.69) is 4.98 Å². The summed E-state index contributed by atoms with van der Waals surface area (Å²) in [5, 5.41) is 1.37. The van der Waals surface area contributed by atoms with Crippen LogP contribution in [0.15, 0.2) is 6.20 Å². The molecule has 0 aliphatic rings. The molecule has 7 heteroatoms. The summed E-state index contributed by atoms with van der Waals surface area (Å²) >= 11 is 1.34. The summed E-state index contributed by atoms with van der Waals surface area (Å²) in [6.07, 6.45) is 2.79. The van der Waals surface area contributed by atoms with Crippen LogP contribution in [-0.4, -0.2) is 39.0 Å². The van der Waals surface area contributed by atoms with Gasteiger partial charge < -0.3 is 10.6 Å². The Morgan fingerprint density at radius 2 is 2.29 bits per heavy atom. The monoisotopic (exact) mass is 235 g/mol. The van der Waals surface area contributed by atoms with E-state index in [0.717, 1.165) is 5.13 Å². The van der Waals surface area contributed by atoms with Crippen LogP contribution in [0.5, 0.6) is 0 Å². The summed E-state index contributed by atoms with van der Waals surface area (Å²) in [5.74, 6) is 0.128. The lowest BCUT2D eigenvalue weighted by molar-refractivity contribution is 0.601. The second-order valence-corrected chi connectivity index (χ2v) is 6.40. The third-order valence-corrected chi connectivity index (χ3v) is 3.50. The van der Waals surface area contributed by atoms with Crippen LogP contribution in [0.1, 0.15) is 0 Å². The lowest BCUT2D eigenvalue weighted by Gasteiger charge is -2.14. The van der Waals surface area contributed by atoms with Crippen molar-refractivity contribution >= 4 is 31.3 Å². The Morgan fingerprint density at radius 3 is 2.71 bits per heavy atom. The van der Waals surface area contributed by atoms with Crippen molar-refractivity contribution in [2.75, 3.05) is 36.2 Å². The van der Waals surface area contributed by atoms with Gasteiger partial charge >= 0.3 is 0 Å². The molecule has 5 nitrogen and oxygen atoms in total. The highest BCUT2D eigenvalue weighted by Gasteiger charge is 2.08. The minimum Gasteiger partial charge on any atom is -0.389 e. The quantitative estimate of drug-likeness (QED) is 0.807. The van der Waals surface area contributed by atoms with Gasteiger partial charge in [-0.3, -0.25) is 0 Å². The number of nitrogens with zero attached hydrogens (tertiary/aromatic N) is 2. The van der Waals surface area contributed by atoms with Crippen LogP contribution in [0.2, 0.25) is 0 Å². The van der Waals surface area contributed by atoms with Gasteiger partial charge in [0.25, 0.3) is 0 Å². The lowest BCUT2D eigenvalue weighted by Crippen LogP contribution is -2.24. The SMILES string of the molecule is CN(CCS(C)(=O)=O)c1ncc(N)s1. The molecule has 0 aliphatic heterocycles. The van der Waals surface area contributed by atoms with Gasteiger partial charge in [-0.05, 0) is 0 Å². The van der Waals surface area contributed by atoms with Gasteiger partial charge in [-0.25, -0.2) is 13.4 Å². The van der Waals surface area contributed by atoms with Crippen molar-refractivity contribution in [3.05, 3.63) is 6.20 Å². The van der Waals surface area contributed by atoms with Crippen molar-refractivity contribution in [2.24, 2.45) is 0 Å². The van der Waals surface area contributed by atoms with Gasteiger partial charge in [0.1, 0.15) is 14.8 Å². The molecular weight excluding hydrogens is 222 g/mol. The summed E-state index contributed by atoms with van der Waals surface area (Å²) < 4.78 is 21.8. The number of hydrogen-bond acceptors (Lipinski definition) is 6. The van der Waals surface area contributed by atoms with Gasteiger partial charge in [0.15, 0.2) is 5.13 Å². The van der Waals surface area contributed by atoms with Gasteiger partial charge in [-0.1, -0.05) is 11.3 Å². The van der Waals surface area contributed by atoms with Crippen molar-refractivity contribution in [1.29, 1.82) is 0 Å². The van der Waals surface area contributed by atoms with Crippen LogP contribution >= 0.6 is 11.3 Å². The first-order valence-electron chi connectivity index (χ1n) is 3.98. The maximum atomic E-state index is 10.9. The Bertz CT molecular complexity index is 399. The largest absolute Gasteiger partial charge is 0.389 e. The van der Waals surface area contributed by atoms with Crippen LogP contribution in [0, 0.1) is 0 Å². The Balaban J connectivity index is 2.55. The van der Waals surface area contributed by atoms with Crippen molar-refractivity contribution in [1.82, 2.24) is 4.98 Å². The van der Waals surface area contributed by atoms with Gasteiger partial charge in [-0.15, -0.1) is 0 Å². The molecule has 0 amide bonds. The molecule has 0 bridgehead atoms. The topological polar surface area (TPSA) is 76.3 Å². The molecule has 0 radical (unpaired) electrons. The number of sulfone groups is 1. The molecule has 0 atom stereocenters. The Morgan fingerprint density at radius 1 is 1.64 bits per heavy atom. The molecule has 1 aromatic rings. The number of thiazole rings is 1. The molecule has 2 N–H and O–H groups in total.